The molecule has 1 aromatic carbocycles. The van der Waals surface area contributed by atoms with Crippen LogP contribution in [0.15, 0.2) is 24.3 Å². The monoisotopic (exact) mass is 308 g/mol. The van der Waals surface area contributed by atoms with Gasteiger partial charge in [0.15, 0.2) is 0 Å². The van der Waals surface area contributed by atoms with Crippen LogP contribution in [-0.2, 0) is 16.1 Å². The predicted molar refractivity (Wildman–Crippen MR) is 82.9 cm³/mol. The van der Waals surface area contributed by atoms with Gasteiger partial charge in [-0.05, 0) is 36.5 Å². The minimum absolute atomic E-state index is 0.0675. The molecule has 1 aliphatic heterocycles. The lowest BCUT2D eigenvalue weighted by Gasteiger charge is -2.30. The van der Waals surface area contributed by atoms with Crippen molar-refractivity contribution in [1.29, 1.82) is 0 Å². The molecule has 1 heterocycles. The summed E-state index contributed by atoms with van der Waals surface area (Å²) < 4.78 is 0. The Hall–Kier alpha value is -1.55. The van der Waals surface area contributed by atoms with E-state index in [4.69, 9.17) is 11.6 Å². The zero-order valence-corrected chi connectivity index (χ0v) is 13.0. The second-order valence-corrected chi connectivity index (χ2v) is 6.08. The lowest BCUT2D eigenvalue weighted by Crippen LogP contribution is -2.40. The van der Waals surface area contributed by atoms with Crippen molar-refractivity contribution < 1.29 is 9.59 Å². The number of nitrogens with zero attached hydrogens (tertiary/aromatic N) is 1. The summed E-state index contributed by atoms with van der Waals surface area (Å²) in [5.74, 6) is 0.372. The van der Waals surface area contributed by atoms with Crippen LogP contribution < -0.4 is 5.32 Å². The lowest BCUT2D eigenvalue weighted by molar-refractivity contribution is -0.137. The van der Waals surface area contributed by atoms with Gasteiger partial charge in [0, 0.05) is 24.7 Å². The molecular weight excluding hydrogens is 288 g/mol. The molecule has 114 valence electrons. The van der Waals surface area contributed by atoms with E-state index in [0.29, 0.717) is 17.5 Å². The van der Waals surface area contributed by atoms with Gasteiger partial charge >= 0.3 is 0 Å². The van der Waals surface area contributed by atoms with E-state index in [1.807, 2.05) is 12.1 Å². The number of piperidine rings is 1. The van der Waals surface area contributed by atoms with E-state index in [1.165, 1.54) is 0 Å². The summed E-state index contributed by atoms with van der Waals surface area (Å²) in [5.41, 5.74) is 0.965. The standard InChI is InChI=1S/C16H21ClN2O2/c1-12-6-8-19(9-7-12)16(21)10-15(20)18-11-13-2-4-14(17)5-3-13/h2-5,12H,6-11H2,1H3,(H,18,20). The molecule has 0 saturated carbocycles. The third-order valence-corrected chi connectivity index (χ3v) is 4.10. The smallest absolute Gasteiger partial charge is 0.232 e. The molecule has 4 nitrogen and oxygen atoms in total. The molecule has 21 heavy (non-hydrogen) atoms. The van der Waals surface area contributed by atoms with Crippen molar-refractivity contribution in [3.8, 4) is 0 Å². The number of carbonyl (C=O) groups excluding carboxylic acids is 2. The molecule has 1 N–H and O–H groups in total. The first-order valence-electron chi connectivity index (χ1n) is 7.33. The second-order valence-electron chi connectivity index (χ2n) is 5.64. The number of amides is 2. The van der Waals surface area contributed by atoms with Crippen LogP contribution in [0.3, 0.4) is 0 Å². The Morgan fingerprint density at radius 2 is 1.86 bits per heavy atom. The van der Waals surface area contributed by atoms with Crippen molar-refractivity contribution in [2.45, 2.75) is 32.7 Å². The lowest BCUT2D eigenvalue weighted by atomic mass is 9.99. The van der Waals surface area contributed by atoms with E-state index in [1.54, 1.807) is 17.0 Å². The summed E-state index contributed by atoms with van der Waals surface area (Å²) in [7, 11) is 0. The molecule has 2 amide bonds. The van der Waals surface area contributed by atoms with Crippen LogP contribution in [-0.4, -0.2) is 29.8 Å². The van der Waals surface area contributed by atoms with Gasteiger partial charge in [0.2, 0.25) is 11.8 Å². The van der Waals surface area contributed by atoms with Crippen molar-refractivity contribution in [3.63, 3.8) is 0 Å². The fourth-order valence-corrected chi connectivity index (χ4v) is 2.50. The maximum Gasteiger partial charge on any atom is 0.232 e. The van der Waals surface area contributed by atoms with E-state index < -0.39 is 0 Å². The first kappa shape index (κ1) is 15.8. The maximum absolute atomic E-state index is 12.0. The topological polar surface area (TPSA) is 49.4 Å². The van der Waals surface area contributed by atoms with Crippen molar-refractivity contribution in [1.82, 2.24) is 10.2 Å². The van der Waals surface area contributed by atoms with Crippen LogP contribution in [0.1, 0.15) is 31.7 Å². The Bertz CT molecular complexity index is 494. The molecule has 2 rings (SSSR count). The number of nitrogens with one attached hydrogen (secondary N) is 1. The summed E-state index contributed by atoms with van der Waals surface area (Å²) >= 11 is 5.80. The van der Waals surface area contributed by atoms with Crippen molar-refractivity contribution >= 4 is 23.4 Å². The van der Waals surface area contributed by atoms with E-state index in [-0.39, 0.29) is 18.2 Å². The number of hydrogen-bond acceptors (Lipinski definition) is 2. The number of hydrogen-bond donors (Lipinski definition) is 1. The Kier molecular flexibility index (Phi) is 5.62. The molecule has 5 heteroatoms. The summed E-state index contributed by atoms with van der Waals surface area (Å²) in [6.07, 6.45) is 1.98. The molecule has 1 fully saturated rings. The number of rotatable bonds is 4. The zero-order chi connectivity index (χ0) is 15.2. The van der Waals surface area contributed by atoms with Crippen LogP contribution in [0.25, 0.3) is 0 Å². The Balaban J connectivity index is 1.74. The third kappa shape index (κ3) is 5.05. The molecular formula is C16H21ClN2O2. The number of carbonyl (C=O) groups is 2. The molecule has 0 spiro atoms. The predicted octanol–water partition coefficient (Wildman–Crippen LogP) is 2.60. The van der Waals surface area contributed by atoms with Crippen LogP contribution in [0.2, 0.25) is 5.02 Å². The summed E-state index contributed by atoms with van der Waals surface area (Å²) in [4.78, 5) is 25.6. The highest BCUT2D eigenvalue weighted by Crippen LogP contribution is 2.16. The quantitative estimate of drug-likeness (QED) is 0.869. The fourth-order valence-electron chi connectivity index (χ4n) is 2.37. The van der Waals surface area contributed by atoms with E-state index in [2.05, 4.69) is 12.2 Å². The van der Waals surface area contributed by atoms with E-state index in [0.717, 1.165) is 31.5 Å². The molecule has 0 atom stereocenters. The Morgan fingerprint density at radius 3 is 2.48 bits per heavy atom. The molecule has 0 aliphatic carbocycles. The first-order valence-corrected chi connectivity index (χ1v) is 7.71. The molecule has 0 aromatic heterocycles. The van der Waals surface area contributed by atoms with Crippen LogP contribution >= 0.6 is 11.6 Å². The Labute approximate surface area is 130 Å². The minimum atomic E-state index is -0.228. The highest BCUT2D eigenvalue weighted by molar-refractivity contribution is 6.30. The van der Waals surface area contributed by atoms with E-state index in [9.17, 15) is 9.59 Å². The third-order valence-electron chi connectivity index (χ3n) is 3.85. The second kappa shape index (κ2) is 7.46. The van der Waals surface area contributed by atoms with Gasteiger partial charge in [-0.25, -0.2) is 0 Å². The van der Waals surface area contributed by atoms with E-state index >= 15 is 0 Å². The van der Waals surface area contributed by atoms with Crippen molar-refractivity contribution in [2.24, 2.45) is 5.92 Å². The van der Waals surface area contributed by atoms with Crippen LogP contribution in [0.4, 0.5) is 0 Å². The van der Waals surface area contributed by atoms with Crippen molar-refractivity contribution in [3.05, 3.63) is 34.9 Å². The highest BCUT2D eigenvalue weighted by atomic mass is 35.5. The molecule has 0 bridgehead atoms. The maximum atomic E-state index is 12.0. The average molecular weight is 309 g/mol. The number of halogens is 1. The van der Waals surface area contributed by atoms with Crippen molar-refractivity contribution in [2.75, 3.05) is 13.1 Å². The fraction of sp³-hybridized carbons (Fsp3) is 0.500. The van der Waals surface area contributed by atoms with Gasteiger partial charge in [0.1, 0.15) is 6.42 Å². The largest absolute Gasteiger partial charge is 0.352 e. The van der Waals surface area contributed by atoms with Gasteiger partial charge in [-0.15, -0.1) is 0 Å². The summed E-state index contributed by atoms with van der Waals surface area (Å²) in [6, 6.07) is 7.28. The summed E-state index contributed by atoms with van der Waals surface area (Å²) in [5, 5.41) is 3.43. The molecule has 1 aromatic rings. The van der Waals surface area contributed by atoms with Crippen LogP contribution in [0, 0.1) is 5.92 Å². The SMILES string of the molecule is CC1CCN(C(=O)CC(=O)NCc2ccc(Cl)cc2)CC1. The number of likely N-dealkylation sites (tertiary alicyclic amines) is 1. The minimum Gasteiger partial charge on any atom is -0.352 e. The van der Waals surface area contributed by atoms with Gasteiger partial charge in [-0.3, -0.25) is 9.59 Å². The molecule has 1 saturated heterocycles. The van der Waals surface area contributed by atoms with Crippen LogP contribution in [0.5, 0.6) is 0 Å². The van der Waals surface area contributed by atoms with Gasteiger partial charge in [-0.1, -0.05) is 30.7 Å². The zero-order valence-electron chi connectivity index (χ0n) is 12.3. The Morgan fingerprint density at radius 1 is 1.24 bits per heavy atom. The summed E-state index contributed by atoms with van der Waals surface area (Å²) in [6.45, 7) is 4.15. The normalized spacial score (nSPS) is 15.8. The average Bonchev–Trinajstić information content (AvgIpc) is 2.47. The highest BCUT2D eigenvalue weighted by Gasteiger charge is 2.21. The van der Waals surface area contributed by atoms with Gasteiger partial charge in [0.25, 0.3) is 0 Å². The first-order chi connectivity index (χ1) is 10.0. The van der Waals surface area contributed by atoms with Gasteiger partial charge in [-0.2, -0.15) is 0 Å². The molecule has 1 aliphatic rings. The number of benzene rings is 1. The molecule has 0 unspecified atom stereocenters. The van der Waals surface area contributed by atoms with Gasteiger partial charge in [0.05, 0.1) is 0 Å². The molecule has 0 radical (unpaired) electrons. The van der Waals surface area contributed by atoms with Gasteiger partial charge < -0.3 is 10.2 Å².